The summed E-state index contributed by atoms with van der Waals surface area (Å²) in [5.41, 5.74) is 5.38. The van der Waals surface area contributed by atoms with Crippen LogP contribution in [-0.4, -0.2) is 25.0 Å². The Balaban J connectivity index is 1.93. The molecule has 15 heavy (non-hydrogen) atoms. The van der Waals surface area contributed by atoms with Gasteiger partial charge in [-0.25, -0.2) is 0 Å². The molecule has 1 amide bonds. The van der Waals surface area contributed by atoms with E-state index in [1.807, 2.05) is 6.92 Å². The number of likely N-dealkylation sites (tertiary alicyclic amines) is 1. The number of nitrogens with two attached hydrogens (primary N) is 1. The number of primary amides is 1. The average molecular weight is 211 g/mol. The molecule has 0 aromatic rings. The number of carbonyl (C=O) groups excluding carboxylic acids is 1. The van der Waals surface area contributed by atoms with E-state index in [9.17, 15) is 4.79 Å². The topological polar surface area (TPSA) is 47.5 Å². The molecule has 1 saturated carbocycles. The summed E-state index contributed by atoms with van der Waals surface area (Å²) in [6.45, 7) is 4.29. The lowest BCUT2D eigenvalue weighted by molar-refractivity contribution is -0.924. The fourth-order valence-corrected chi connectivity index (χ4v) is 3.34. The first-order chi connectivity index (χ1) is 7.18. The van der Waals surface area contributed by atoms with Crippen LogP contribution in [0.2, 0.25) is 0 Å². The summed E-state index contributed by atoms with van der Waals surface area (Å²) in [6, 6.07) is 0.00729. The van der Waals surface area contributed by atoms with Gasteiger partial charge in [-0.1, -0.05) is 12.8 Å². The van der Waals surface area contributed by atoms with Crippen LogP contribution in [0, 0.1) is 11.8 Å². The maximum atomic E-state index is 11.2. The highest BCUT2D eigenvalue weighted by Crippen LogP contribution is 2.32. The minimum atomic E-state index is -0.140. The second kappa shape index (κ2) is 4.52. The van der Waals surface area contributed by atoms with Gasteiger partial charge in [-0.15, -0.1) is 0 Å². The molecule has 4 atom stereocenters. The highest BCUT2D eigenvalue weighted by molar-refractivity contribution is 5.77. The molecule has 3 heteroatoms. The van der Waals surface area contributed by atoms with Crippen molar-refractivity contribution in [3.8, 4) is 0 Å². The zero-order chi connectivity index (χ0) is 10.8. The Morgan fingerprint density at radius 2 is 1.93 bits per heavy atom. The largest absolute Gasteiger partial charge is 0.365 e. The highest BCUT2D eigenvalue weighted by atomic mass is 16.1. The predicted octanol–water partition coefficient (Wildman–Crippen LogP) is -0.0448. The number of hydrogen-bond donors (Lipinski definition) is 2. The van der Waals surface area contributed by atoms with E-state index in [-0.39, 0.29) is 11.9 Å². The lowest BCUT2D eigenvalue weighted by atomic mass is 9.75. The number of fused-ring (bicyclic) bond motifs is 1. The molecule has 2 aliphatic rings. The van der Waals surface area contributed by atoms with Crippen molar-refractivity contribution in [2.45, 2.75) is 45.1 Å². The van der Waals surface area contributed by atoms with Crippen molar-refractivity contribution in [2.24, 2.45) is 17.6 Å². The van der Waals surface area contributed by atoms with Crippen molar-refractivity contribution in [3.05, 3.63) is 0 Å². The Hall–Kier alpha value is -0.570. The summed E-state index contributed by atoms with van der Waals surface area (Å²) in [5.74, 6) is 1.67. The van der Waals surface area contributed by atoms with E-state index in [4.69, 9.17) is 5.73 Å². The summed E-state index contributed by atoms with van der Waals surface area (Å²) in [7, 11) is 0. The second-order valence-corrected chi connectivity index (χ2v) is 5.33. The molecule has 2 rings (SSSR count). The van der Waals surface area contributed by atoms with Crippen LogP contribution >= 0.6 is 0 Å². The summed E-state index contributed by atoms with van der Waals surface area (Å²) in [4.78, 5) is 12.6. The van der Waals surface area contributed by atoms with Gasteiger partial charge < -0.3 is 10.6 Å². The average Bonchev–Trinajstić information content (AvgIpc) is 2.27. The van der Waals surface area contributed by atoms with Gasteiger partial charge in [0.05, 0.1) is 13.1 Å². The normalized spacial score (nSPS) is 38.1. The van der Waals surface area contributed by atoms with Gasteiger partial charge in [-0.2, -0.15) is 0 Å². The van der Waals surface area contributed by atoms with Crippen LogP contribution in [0.5, 0.6) is 0 Å². The zero-order valence-corrected chi connectivity index (χ0v) is 9.67. The Labute approximate surface area is 92.0 Å². The van der Waals surface area contributed by atoms with Crippen LogP contribution in [0.4, 0.5) is 0 Å². The third-order valence-electron chi connectivity index (χ3n) is 4.47. The van der Waals surface area contributed by atoms with E-state index in [1.165, 1.54) is 43.5 Å². The van der Waals surface area contributed by atoms with E-state index in [0.717, 1.165) is 18.4 Å². The number of rotatable bonds is 2. The van der Waals surface area contributed by atoms with E-state index >= 15 is 0 Å². The van der Waals surface area contributed by atoms with Crippen LogP contribution in [0.3, 0.4) is 0 Å². The van der Waals surface area contributed by atoms with Crippen molar-refractivity contribution in [1.29, 1.82) is 0 Å². The Bertz CT molecular complexity index is 242. The fraction of sp³-hybridized carbons (Fsp3) is 0.917. The van der Waals surface area contributed by atoms with Crippen molar-refractivity contribution in [3.63, 3.8) is 0 Å². The summed E-state index contributed by atoms with van der Waals surface area (Å²) in [6.07, 6.45) is 6.90. The molecule has 0 radical (unpaired) electrons. The first kappa shape index (κ1) is 10.9. The van der Waals surface area contributed by atoms with Crippen LogP contribution in [0.1, 0.15) is 39.0 Å². The molecule has 3 N–H and O–H groups in total. The molecule has 3 nitrogen and oxygen atoms in total. The van der Waals surface area contributed by atoms with Gasteiger partial charge in [-0.05, 0) is 32.1 Å². The molecule has 1 aliphatic heterocycles. The number of hydrogen-bond acceptors (Lipinski definition) is 1. The zero-order valence-electron chi connectivity index (χ0n) is 9.67. The fourth-order valence-electron chi connectivity index (χ4n) is 3.34. The molecule has 0 bridgehead atoms. The SMILES string of the molecule is C[C@H](C(N)=O)[NH+]1CC[C@@H]2CCCC[C@@H]2C1. The first-order valence-electron chi connectivity index (χ1n) is 6.32. The molecule has 1 unspecified atom stereocenters. The number of piperidine rings is 1. The van der Waals surface area contributed by atoms with E-state index < -0.39 is 0 Å². The summed E-state index contributed by atoms with van der Waals surface area (Å²) < 4.78 is 0. The third kappa shape index (κ3) is 2.33. The van der Waals surface area contributed by atoms with Gasteiger partial charge in [0, 0.05) is 5.92 Å². The molecule has 2 fully saturated rings. The standard InChI is InChI=1S/C12H22N2O/c1-9(12(13)15)14-7-6-10-4-2-3-5-11(10)8-14/h9-11H,2-8H2,1H3,(H2,13,15)/p+1/t9-,10+,11-/m1/s1. The van der Waals surface area contributed by atoms with Crippen molar-refractivity contribution in [1.82, 2.24) is 0 Å². The van der Waals surface area contributed by atoms with Crippen molar-refractivity contribution in [2.75, 3.05) is 13.1 Å². The van der Waals surface area contributed by atoms with Gasteiger partial charge in [0.1, 0.15) is 0 Å². The molecule has 1 heterocycles. The maximum Gasteiger partial charge on any atom is 0.275 e. The van der Waals surface area contributed by atoms with Gasteiger partial charge in [-0.3, -0.25) is 4.79 Å². The van der Waals surface area contributed by atoms with E-state index in [2.05, 4.69) is 0 Å². The molecule has 1 aliphatic carbocycles. The highest BCUT2D eigenvalue weighted by Gasteiger charge is 2.36. The summed E-state index contributed by atoms with van der Waals surface area (Å²) >= 11 is 0. The Morgan fingerprint density at radius 3 is 2.60 bits per heavy atom. The number of carbonyl (C=O) groups is 1. The van der Waals surface area contributed by atoms with Gasteiger partial charge in [0.15, 0.2) is 6.04 Å². The quantitative estimate of drug-likeness (QED) is 0.661. The smallest absolute Gasteiger partial charge is 0.275 e. The van der Waals surface area contributed by atoms with Gasteiger partial charge in [0.25, 0.3) is 5.91 Å². The van der Waals surface area contributed by atoms with Crippen LogP contribution in [-0.2, 0) is 4.79 Å². The maximum absolute atomic E-state index is 11.2. The van der Waals surface area contributed by atoms with Crippen molar-refractivity contribution < 1.29 is 9.69 Å². The summed E-state index contributed by atoms with van der Waals surface area (Å²) in [5, 5.41) is 0. The monoisotopic (exact) mass is 211 g/mol. The first-order valence-corrected chi connectivity index (χ1v) is 6.32. The predicted molar refractivity (Wildman–Crippen MR) is 59.4 cm³/mol. The molecule has 1 saturated heterocycles. The lowest BCUT2D eigenvalue weighted by Gasteiger charge is -2.40. The van der Waals surface area contributed by atoms with Crippen LogP contribution in [0.15, 0.2) is 0 Å². The number of amides is 1. The van der Waals surface area contributed by atoms with Crippen molar-refractivity contribution >= 4 is 5.91 Å². The second-order valence-electron chi connectivity index (χ2n) is 5.33. The molecule has 0 aromatic heterocycles. The van der Waals surface area contributed by atoms with Gasteiger partial charge in [0.2, 0.25) is 0 Å². The molecule has 86 valence electrons. The van der Waals surface area contributed by atoms with E-state index in [1.54, 1.807) is 0 Å². The van der Waals surface area contributed by atoms with Crippen LogP contribution in [0.25, 0.3) is 0 Å². The lowest BCUT2D eigenvalue weighted by Crippen LogP contribution is -3.18. The molecule has 0 spiro atoms. The Kier molecular flexibility index (Phi) is 3.29. The third-order valence-corrected chi connectivity index (χ3v) is 4.47. The van der Waals surface area contributed by atoms with Gasteiger partial charge >= 0.3 is 0 Å². The number of quaternary nitrogens is 1. The molecular weight excluding hydrogens is 188 g/mol. The number of nitrogens with one attached hydrogen (secondary N) is 1. The minimum Gasteiger partial charge on any atom is -0.365 e. The Morgan fingerprint density at radius 1 is 1.27 bits per heavy atom. The van der Waals surface area contributed by atoms with Crippen LogP contribution < -0.4 is 10.6 Å². The minimum absolute atomic E-state index is 0.00729. The molecule has 0 aromatic carbocycles. The molecular formula is C12H23N2O+. The van der Waals surface area contributed by atoms with E-state index in [0.29, 0.717) is 0 Å².